The third-order valence-corrected chi connectivity index (χ3v) is 5.52. The summed E-state index contributed by atoms with van der Waals surface area (Å²) in [5, 5.41) is 3.21. The highest BCUT2D eigenvalue weighted by Gasteiger charge is 2.30. The number of hydrogen-bond donors (Lipinski definition) is 1. The summed E-state index contributed by atoms with van der Waals surface area (Å²) in [6.45, 7) is 6.83. The molecule has 0 radical (unpaired) electrons. The van der Waals surface area contributed by atoms with Crippen LogP contribution in [0.4, 0.5) is 4.79 Å². The van der Waals surface area contributed by atoms with Crippen molar-refractivity contribution in [2.45, 2.75) is 39.2 Å². The van der Waals surface area contributed by atoms with Crippen molar-refractivity contribution in [3.8, 4) is 0 Å². The maximum absolute atomic E-state index is 12.5. The molecule has 0 spiro atoms. The summed E-state index contributed by atoms with van der Waals surface area (Å²) in [4.78, 5) is 32.6. The van der Waals surface area contributed by atoms with Gasteiger partial charge in [-0.2, -0.15) is 0 Å². The number of carbonyl (C=O) groups excluding carboxylic acids is 2. The number of nitrogens with one attached hydrogen (secondary N) is 1. The minimum absolute atomic E-state index is 0.0114. The lowest BCUT2D eigenvalue weighted by molar-refractivity contribution is 0.0660. The Morgan fingerprint density at radius 1 is 1.04 bits per heavy atom. The Morgan fingerprint density at radius 2 is 1.68 bits per heavy atom. The van der Waals surface area contributed by atoms with Gasteiger partial charge in [0.2, 0.25) is 0 Å². The zero-order valence-corrected chi connectivity index (χ0v) is 15.1. The van der Waals surface area contributed by atoms with E-state index in [0.29, 0.717) is 37.7 Å². The Morgan fingerprint density at radius 3 is 2.32 bits per heavy atom. The first-order chi connectivity index (χ1) is 12.0. The lowest BCUT2D eigenvalue weighted by Crippen LogP contribution is -2.55. The van der Waals surface area contributed by atoms with Crippen LogP contribution in [0, 0.1) is 11.8 Å². The molecule has 6 heteroatoms. The summed E-state index contributed by atoms with van der Waals surface area (Å²) >= 11 is 0. The van der Waals surface area contributed by atoms with E-state index >= 15 is 0 Å². The molecule has 1 saturated carbocycles. The fourth-order valence-corrected chi connectivity index (χ4v) is 3.92. The SMILES string of the molecule is C[C@@H]1CC[C@H](NC(=O)N2CCN(C(=O)c3ccncc3)CC2)[C@@H](C)C1. The first-order valence-corrected chi connectivity index (χ1v) is 9.29. The monoisotopic (exact) mass is 344 g/mol. The Kier molecular flexibility index (Phi) is 5.56. The van der Waals surface area contributed by atoms with Crippen molar-refractivity contribution in [2.24, 2.45) is 11.8 Å². The van der Waals surface area contributed by atoms with Crippen LogP contribution in [0.2, 0.25) is 0 Å². The molecular weight excluding hydrogens is 316 g/mol. The Balaban J connectivity index is 1.48. The molecule has 1 N–H and O–H groups in total. The summed E-state index contributed by atoms with van der Waals surface area (Å²) in [6, 6.07) is 3.75. The van der Waals surface area contributed by atoms with Gasteiger partial charge < -0.3 is 15.1 Å². The van der Waals surface area contributed by atoms with Gasteiger partial charge in [-0.15, -0.1) is 0 Å². The first-order valence-electron chi connectivity index (χ1n) is 9.29. The van der Waals surface area contributed by atoms with Crippen LogP contribution in [-0.4, -0.2) is 58.9 Å². The van der Waals surface area contributed by atoms with E-state index in [-0.39, 0.29) is 18.0 Å². The first kappa shape index (κ1) is 17.7. The standard InChI is InChI=1S/C19H28N4O2/c1-14-3-4-17(15(2)13-14)21-19(25)23-11-9-22(10-12-23)18(24)16-5-7-20-8-6-16/h5-8,14-15,17H,3-4,9-13H2,1-2H3,(H,21,25)/t14-,15+,17+/m1/s1. The third-order valence-electron chi connectivity index (χ3n) is 5.52. The van der Waals surface area contributed by atoms with E-state index in [1.165, 1.54) is 12.8 Å². The van der Waals surface area contributed by atoms with Gasteiger partial charge in [-0.25, -0.2) is 4.79 Å². The Bertz CT molecular complexity index is 599. The molecule has 1 aliphatic carbocycles. The van der Waals surface area contributed by atoms with E-state index in [1.807, 2.05) is 9.80 Å². The van der Waals surface area contributed by atoms with Crippen molar-refractivity contribution in [3.05, 3.63) is 30.1 Å². The summed E-state index contributed by atoms with van der Waals surface area (Å²) in [5.41, 5.74) is 0.651. The van der Waals surface area contributed by atoms with Gasteiger partial charge in [0.15, 0.2) is 0 Å². The molecule has 1 saturated heterocycles. The van der Waals surface area contributed by atoms with E-state index in [4.69, 9.17) is 0 Å². The number of nitrogens with zero attached hydrogens (tertiary/aromatic N) is 3. The summed E-state index contributed by atoms with van der Waals surface area (Å²) < 4.78 is 0. The molecule has 0 aromatic carbocycles. The largest absolute Gasteiger partial charge is 0.335 e. The van der Waals surface area contributed by atoms with Crippen LogP contribution in [0.25, 0.3) is 0 Å². The van der Waals surface area contributed by atoms with E-state index < -0.39 is 0 Å². The van der Waals surface area contributed by atoms with Crippen LogP contribution in [0.1, 0.15) is 43.5 Å². The second-order valence-electron chi connectivity index (χ2n) is 7.47. The highest BCUT2D eigenvalue weighted by Crippen LogP contribution is 2.28. The van der Waals surface area contributed by atoms with Gasteiger partial charge in [-0.3, -0.25) is 9.78 Å². The number of amides is 3. The van der Waals surface area contributed by atoms with Crippen LogP contribution in [0.3, 0.4) is 0 Å². The molecule has 136 valence electrons. The summed E-state index contributed by atoms with van der Waals surface area (Å²) in [7, 11) is 0. The molecule has 2 aliphatic rings. The van der Waals surface area contributed by atoms with Crippen LogP contribution >= 0.6 is 0 Å². The maximum Gasteiger partial charge on any atom is 0.317 e. The van der Waals surface area contributed by atoms with E-state index in [9.17, 15) is 9.59 Å². The number of urea groups is 1. The molecule has 1 aromatic heterocycles. The maximum atomic E-state index is 12.5. The zero-order chi connectivity index (χ0) is 17.8. The summed E-state index contributed by atoms with van der Waals surface area (Å²) in [5.74, 6) is 1.30. The second kappa shape index (κ2) is 7.85. The quantitative estimate of drug-likeness (QED) is 0.896. The highest BCUT2D eigenvalue weighted by atomic mass is 16.2. The Labute approximate surface area is 149 Å². The highest BCUT2D eigenvalue weighted by molar-refractivity contribution is 5.94. The van der Waals surface area contributed by atoms with Gasteiger partial charge in [-0.05, 0) is 43.2 Å². The predicted octanol–water partition coefficient (Wildman–Crippen LogP) is 2.37. The lowest BCUT2D eigenvalue weighted by Gasteiger charge is -2.38. The molecule has 1 aromatic rings. The van der Waals surface area contributed by atoms with Crippen molar-refractivity contribution in [2.75, 3.05) is 26.2 Å². The van der Waals surface area contributed by atoms with Gasteiger partial charge in [0.05, 0.1) is 0 Å². The second-order valence-corrected chi connectivity index (χ2v) is 7.47. The zero-order valence-electron chi connectivity index (χ0n) is 15.1. The number of rotatable bonds is 2. The van der Waals surface area contributed by atoms with E-state index in [0.717, 1.165) is 12.3 Å². The fraction of sp³-hybridized carbons (Fsp3) is 0.632. The number of carbonyl (C=O) groups is 2. The minimum Gasteiger partial charge on any atom is -0.335 e. The normalized spacial score (nSPS) is 27.0. The number of pyridine rings is 1. The molecule has 3 atom stereocenters. The molecule has 2 heterocycles. The topological polar surface area (TPSA) is 65.5 Å². The molecule has 0 bridgehead atoms. The molecule has 1 aliphatic heterocycles. The fourth-order valence-electron chi connectivity index (χ4n) is 3.92. The van der Waals surface area contributed by atoms with Crippen LogP contribution in [-0.2, 0) is 0 Å². The van der Waals surface area contributed by atoms with Crippen LogP contribution in [0.15, 0.2) is 24.5 Å². The minimum atomic E-state index is 0.0114. The number of piperazine rings is 1. The van der Waals surface area contributed by atoms with Gasteiger partial charge >= 0.3 is 6.03 Å². The van der Waals surface area contributed by atoms with Gasteiger partial charge in [0.1, 0.15) is 0 Å². The van der Waals surface area contributed by atoms with Crippen molar-refractivity contribution in [3.63, 3.8) is 0 Å². The van der Waals surface area contributed by atoms with E-state index in [2.05, 4.69) is 24.1 Å². The molecule has 3 amide bonds. The molecule has 3 rings (SSSR count). The third kappa shape index (κ3) is 4.30. The van der Waals surface area contributed by atoms with E-state index in [1.54, 1.807) is 24.5 Å². The number of hydrogen-bond acceptors (Lipinski definition) is 3. The average Bonchev–Trinajstić information content (AvgIpc) is 2.64. The van der Waals surface area contributed by atoms with Gasteiger partial charge in [0.25, 0.3) is 5.91 Å². The van der Waals surface area contributed by atoms with Crippen molar-refractivity contribution in [1.29, 1.82) is 0 Å². The molecule has 0 unspecified atom stereocenters. The molecule has 25 heavy (non-hydrogen) atoms. The molecule has 6 nitrogen and oxygen atoms in total. The van der Waals surface area contributed by atoms with Crippen molar-refractivity contribution >= 4 is 11.9 Å². The smallest absolute Gasteiger partial charge is 0.317 e. The Hall–Kier alpha value is -2.11. The van der Waals surface area contributed by atoms with Crippen molar-refractivity contribution < 1.29 is 9.59 Å². The number of aromatic nitrogens is 1. The van der Waals surface area contributed by atoms with Gasteiger partial charge in [-0.1, -0.05) is 13.8 Å². The molecular formula is C19H28N4O2. The van der Waals surface area contributed by atoms with Crippen LogP contribution in [0.5, 0.6) is 0 Å². The van der Waals surface area contributed by atoms with Crippen LogP contribution < -0.4 is 5.32 Å². The average molecular weight is 344 g/mol. The lowest BCUT2D eigenvalue weighted by atomic mass is 9.80. The van der Waals surface area contributed by atoms with Crippen molar-refractivity contribution in [1.82, 2.24) is 20.1 Å². The van der Waals surface area contributed by atoms with Gasteiger partial charge in [0, 0.05) is 50.2 Å². The summed E-state index contributed by atoms with van der Waals surface area (Å²) in [6.07, 6.45) is 6.68. The predicted molar refractivity (Wildman–Crippen MR) is 96.2 cm³/mol. The molecule has 2 fully saturated rings.